The van der Waals surface area contributed by atoms with Crippen molar-refractivity contribution in [3.63, 3.8) is 0 Å². The van der Waals surface area contributed by atoms with Crippen molar-refractivity contribution in [3.05, 3.63) is 52.9 Å². The van der Waals surface area contributed by atoms with E-state index in [0.717, 1.165) is 21.7 Å². The third-order valence-electron chi connectivity index (χ3n) is 6.34. The van der Waals surface area contributed by atoms with Crippen LogP contribution in [0.5, 0.6) is 5.88 Å². The van der Waals surface area contributed by atoms with Crippen LogP contribution in [0.15, 0.2) is 40.4 Å². The summed E-state index contributed by atoms with van der Waals surface area (Å²) in [6.45, 7) is 5.84. The van der Waals surface area contributed by atoms with Crippen molar-refractivity contribution < 1.29 is 28.8 Å². The van der Waals surface area contributed by atoms with Crippen LogP contribution in [0.1, 0.15) is 43.2 Å². The van der Waals surface area contributed by atoms with Crippen molar-refractivity contribution in [1.82, 2.24) is 20.4 Å². The van der Waals surface area contributed by atoms with Crippen molar-refractivity contribution in [2.75, 3.05) is 13.2 Å². The molecule has 0 radical (unpaired) electrons. The van der Waals surface area contributed by atoms with Crippen molar-refractivity contribution in [2.45, 2.75) is 51.8 Å². The third kappa shape index (κ3) is 6.05. The number of benzene rings is 1. The second-order valence-electron chi connectivity index (χ2n) is 9.34. The van der Waals surface area contributed by atoms with Crippen molar-refractivity contribution >= 4 is 29.4 Å². The maximum atomic E-state index is 13.6. The van der Waals surface area contributed by atoms with Crippen LogP contribution in [0.2, 0.25) is 0 Å². The molecule has 0 saturated carbocycles. The highest BCUT2D eigenvalue weighted by molar-refractivity contribution is 7.13. The zero-order valence-corrected chi connectivity index (χ0v) is 21.7. The normalized spacial score (nSPS) is 18.1. The number of thiazole rings is 1. The summed E-state index contributed by atoms with van der Waals surface area (Å²) >= 11 is 1.58. The first-order valence-corrected chi connectivity index (χ1v) is 12.9. The van der Waals surface area contributed by atoms with Gasteiger partial charge in [-0.25, -0.2) is 4.98 Å². The average molecular weight is 527 g/mol. The van der Waals surface area contributed by atoms with Crippen LogP contribution in [-0.2, 0) is 20.9 Å². The van der Waals surface area contributed by atoms with Crippen LogP contribution < -0.4 is 10.1 Å². The Morgan fingerprint density at radius 2 is 2.08 bits per heavy atom. The molecule has 3 unspecified atom stereocenters. The van der Waals surface area contributed by atoms with Crippen LogP contribution in [0.25, 0.3) is 10.4 Å². The third-order valence-corrected chi connectivity index (χ3v) is 7.32. The van der Waals surface area contributed by atoms with Gasteiger partial charge in [0, 0.05) is 25.6 Å². The Balaban J connectivity index is 1.43. The number of aldehydes is 1. The van der Waals surface area contributed by atoms with E-state index in [1.165, 1.54) is 11.0 Å². The lowest BCUT2D eigenvalue weighted by atomic mass is 9.91. The first-order chi connectivity index (χ1) is 17.8. The van der Waals surface area contributed by atoms with E-state index in [1.807, 2.05) is 50.5 Å². The minimum absolute atomic E-state index is 0.0473. The van der Waals surface area contributed by atoms with Gasteiger partial charge in [-0.15, -0.1) is 11.3 Å². The first-order valence-electron chi connectivity index (χ1n) is 12.1. The van der Waals surface area contributed by atoms with E-state index < -0.39 is 18.1 Å². The number of ether oxygens (including phenoxy) is 1. The first kappa shape index (κ1) is 26.5. The van der Waals surface area contributed by atoms with Crippen molar-refractivity contribution in [3.8, 4) is 16.3 Å². The summed E-state index contributed by atoms with van der Waals surface area (Å²) in [5, 5.41) is 17.0. The van der Waals surface area contributed by atoms with Crippen LogP contribution in [0.4, 0.5) is 0 Å². The number of hydrogen-bond acceptors (Lipinski definition) is 9. The number of aromatic nitrogens is 2. The molecule has 2 amide bonds. The Hall–Kier alpha value is -3.57. The number of likely N-dealkylation sites (tertiary alicyclic amines) is 1. The van der Waals surface area contributed by atoms with E-state index >= 15 is 0 Å². The molecule has 0 spiro atoms. The fourth-order valence-corrected chi connectivity index (χ4v) is 5.30. The SMILES string of the molecule is Cc1ncsc1-c1ccc(CNC(=O)C2CC(O)CN2C(=O)C(c2cc(OCC=O)no2)C(C)C)cc1. The van der Waals surface area contributed by atoms with Gasteiger partial charge in [-0.1, -0.05) is 38.1 Å². The van der Waals surface area contributed by atoms with E-state index in [4.69, 9.17) is 9.26 Å². The van der Waals surface area contributed by atoms with E-state index in [2.05, 4.69) is 15.5 Å². The van der Waals surface area contributed by atoms with Gasteiger partial charge in [-0.2, -0.15) is 0 Å². The Kier molecular flexibility index (Phi) is 8.34. The van der Waals surface area contributed by atoms with Crippen molar-refractivity contribution in [2.24, 2.45) is 5.92 Å². The molecule has 0 bridgehead atoms. The molecule has 3 aromatic rings. The van der Waals surface area contributed by atoms with Gasteiger partial charge in [0.05, 0.1) is 22.2 Å². The van der Waals surface area contributed by atoms with Crippen molar-refractivity contribution in [1.29, 1.82) is 0 Å². The van der Waals surface area contributed by atoms with Crippen LogP contribution in [-0.4, -0.2) is 63.5 Å². The molecular formula is C26H30N4O6S. The van der Waals surface area contributed by atoms with E-state index in [1.54, 1.807) is 11.3 Å². The minimum Gasteiger partial charge on any atom is -0.468 e. The number of amides is 2. The van der Waals surface area contributed by atoms with Crippen LogP contribution in [0, 0.1) is 12.8 Å². The molecular weight excluding hydrogens is 496 g/mol. The zero-order valence-electron chi connectivity index (χ0n) is 20.9. The summed E-state index contributed by atoms with van der Waals surface area (Å²) in [5.74, 6) is -1.20. The van der Waals surface area contributed by atoms with Gasteiger partial charge in [-0.05, 0) is 29.1 Å². The second-order valence-corrected chi connectivity index (χ2v) is 10.2. The molecule has 1 aliphatic heterocycles. The molecule has 1 aromatic carbocycles. The van der Waals surface area contributed by atoms with Crippen LogP contribution in [0.3, 0.4) is 0 Å². The fraction of sp³-hybridized carbons (Fsp3) is 0.423. The van der Waals surface area contributed by atoms with Gasteiger partial charge in [0.2, 0.25) is 11.8 Å². The summed E-state index contributed by atoms with van der Waals surface area (Å²) in [7, 11) is 0. The Morgan fingerprint density at radius 3 is 2.73 bits per heavy atom. The Morgan fingerprint density at radius 1 is 1.32 bits per heavy atom. The number of rotatable bonds is 10. The number of carbonyl (C=O) groups excluding carboxylic acids is 3. The maximum absolute atomic E-state index is 13.6. The molecule has 4 rings (SSSR count). The quantitative estimate of drug-likeness (QED) is 0.385. The smallest absolute Gasteiger partial charge is 0.254 e. The average Bonchev–Trinajstić information content (AvgIpc) is 3.61. The number of aliphatic hydroxyl groups excluding tert-OH is 1. The lowest BCUT2D eigenvalue weighted by Crippen LogP contribution is -2.48. The fourth-order valence-electron chi connectivity index (χ4n) is 4.49. The van der Waals surface area contributed by atoms with Gasteiger partial charge in [-0.3, -0.25) is 14.4 Å². The number of aliphatic hydroxyl groups is 1. The molecule has 1 saturated heterocycles. The van der Waals surface area contributed by atoms with Gasteiger partial charge in [0.15, 0.2) is 12.0 Å². The molecule has 3 atom stereocenters. The number of hydrogen-bond donors (Lipinski definition) is 2. The topological polar surface area (TPSA) is 135 Å². The molecule has 3 heterocycles. The molecule has 1 fully saturated rings. The zero-order chi connectivity index (χ0) is 26.5. The standard InChI is InChI=1S/C26H30N4O6S/c1-15(2)23(21-11-22(29-36-21)35-9-8-31)26(34)30-13-19(32)10-20(30)25(33)27-12-17-4-6-18(7-5-17)24-16(3)28-14-37-24/h4-8,11,14-15,19-20,23,32H,9-10,12-13H2,1-3H3,(H,27,33). The molecule has 1 aliphatic rings. The number of carbonyl (C=O) groups is 3. The number of aryl methyl sites for hydroxylation is 1. The molecule has 37 heavy (non-hydrogen) atoms. The molecule has 196 valence electrons. The Labute approximate surface area is 218 Å². The number of nitrogens with one attached hydrogen (secondary N) is 1. The van der Waals surface area contributed by atoms with Gasteiger partial charge in [0.25, 0.3) is 5.88 Å². The van der Waals surface area contributed by atoms with E-state index in [9.17, 15) is 19.5 Å². The molecule has 2 aromatic heterocycles. The van der Waals surface area contributed by atoms with Gasteiger partial charge < -0.3 is 24.6 Å². The largest absolute Gasteiger partial charge is 0.468 e. The van der Waals surface area contributed by atoms with E-state index in [0.29, 0.717) is 12.8 Å². The molecule has 10 nitrogen and oxygen atoms in total. The second kappa shape index (κ2) is 11.7. The predicted molar refractivity (Wildman–Crippen MR) is 136 cm³/mol. The minimum atomic E-state index is -0.810. The molecule has 0 aliphatic carbocycles. The summed E-state index contributed by atoms with van der Waals surface area (Å²) in [6.07, 6.45) is -0.0726. The monoisotopic (exact) mass is 526 g/mol. The van der Waals surface area contributed by atoms with E-state index in [-0.39, 0.29) is 48.9 Å². The number of β-amino-alcohol motifs (C(OH)–C–C–N with tert-alkyl or cyclic N) is 1. The highest BCUT2D eigenvalue weighted by atomic mass is 32.1. The van der Waals surface area contributed by atoms with Crippen LogP contribution >= 0.6 is 11.3 Å². The van der Waals surface area contributed by atoms with Gasteiger partial charge >= 0.3 is 0 Å². The summed E-state index contributed by atoms with van der Waals surface area (Å²) < 4.78 is 10.5. The molecule has 11 heteroatoms. The highest BCUT2D eigenvalue weighted by Gasteiger charge is 2.43. The maximum Gasteiger partial charge on any atom is 0.254 e. The molecule has 2 N–H and O–H groups in total. The van der Waals surface area contributed by atoms with Gasteiger partial charge in [0.1, 0.15) is 18.6 Å². The Bertz CT molecular complexity index is 1240. The summed E-state index contributed by atoms with van der Waals surface area (Å²) in [6, 6.07) is 8.56. The number of nitrogens with zero attached hydrogens (tertiary/aromatic N) is 3. The lowest BCUT2D eigenvalue weighted by molar-refractivity contribution is -0.141. The summed E-state index contributed by atoms with van der Waals surface area (Å²) in [5.41, 5.74) is 4.78. The highest BCUT2D eigenvalue weighted by Crippen LogP contribution is 2.32. The predicted octanol–water partition coefficient (Wildman–Crippen LogP) is 2.70. The summed E-state index contributed by atoms with van der Waals surface area (Å²) in [4.78, 5) is 44.0. The lowest BCUT2D eigenvalue weighted by Gasteiger charge is -2.28.